The van der Waals surface area contributed by atoms with E-state index in [1.807, 2.05) is 31.2 Å². The molecule has 0 amide bonds. The Morgan fingerprint density at radius 1 is 1.25 bits per heavy atom. The molecule has 0 aliphatic carbocycles. The number of hydrogen-bond acceptors (Lipinski definition) is 3. The SMILES string of the molecule is Cc1ccc([N+](=O)[O-])cc1C(N)Cc1ccc(Br)cc1. The van der Waals surface area contributed by atoms with Crippen LogP contribution in [-0.4, -0.2) is 4.92 Å². The van der Waals surface area contributed by atoms with Crippen molar-refractivity contribution >= 4 is 21.6 Å². The molecule has 4 nitrogen and oxygen atoms in total. The van der Waals surface area contributed by atoms with Crippen molar-refractivity contribution in [1.82, 2.24) is 0 Å². The van der Waals surface area contributed by atoms with Gasteiger partial charge in [0.2, 0.25) is 0 Å². The third kappa shape index (κ3) is 3.43. The van der Waals surface area contributed by atoms with Crippen molar-refractivity contribution in [2.24, 2.45) is 5.73 Å². The summed E-state index contributed by atoms with van der Waals surface area (Å²) in [5, 5.41) is 10.8. The molecule has 0 spiro atoms. The van der Waals surface area contributed by atoms with E-state index in [4.69, 9.17) is 5.73 Å². The Morgan fingerprint density at radius 3 is 2.50 bits per heavy atom. The highest BCUT2D eigenvalue weighted by atomic mass is 79.9. The predicted octanol–water partition coefficient (Wildman–Crippen LogP) is 3.91. The smallest absolute Gasteiger partial charge is 0.269 e. The molecule has 2 aromatic rings. The number of benzene rings is 2. The molecule has 0 bridgehead atoms. The van der Waals surface area contributed by atoms with Gasteiger partial charge in [-0.05, 0) is 42.2 Å². The summed E-state index contributed by atoms with van der Waals surface area (Å²) in [5.41, 5.74) is 9.18. The first-order valence-electron chi connectivity index (χ1n) is 6.22. The third-order valence-corrected chi connectivity index (χ3v) is 3.77. The first kappa shape index (κ1) is 14.7. The summed E-state index contributed by atoms with van der Waals surface area (Å²) in [6.07, 6.45) is 0.648. The Labute approximate surface area is 125 Å². The molecule has 0 heterocycles. The summed E-state index contributed by atoms with van der Waals surface area (Å²) < 4.78 is 1.02. The van der Waals surface area contributed by atoms with Gasteiger partial charge in [-0.25, -0.2) is 0 Å². The fourth-order valence-corrected chi connectivity index (χ4v) is 2.39. The third-order valence-electron chi connectivity index (χ3n) is 3.24. The molecule has 2 rings (SSSR count). The molecule has 2 N–H and O–H groups in total. The Hall–Kier alpha value is -1.72. The lowest BCUT2D eigenvalue weighted by molar-refractivity contribution is -0.384. The summed E-state index contributed by atoms with van der Waals surface area (Å²) in [5.74, 6) is 0. The van der Waals surface area contributed by atoms with Gasteiger partial charge in [0.15, 0.2) is 0 Å². The Kier molecular flexibility index (Phi) is 4.52. The molecule has 0 saturated carbocycles. The van der Waals surface area contributed by atoms with Crippen LogP contribution >= 0.6 is 15.9 Å². The normalized spacial score (nSPS) is 12.2. The minimum absolute atomic E-state index is 0.0804. The summed E-state index contributed by atoms with van der Waals surface area (Å²) >= 11 is 3.39. The van der Waals surface area contributed by atoms with Crippen LogP contribution in [0.1, 0.15) is 22.7 Å². The number of halogens is 1. The number of nitro benzene ring substituents is 1. The van der Waals surface area contributed by atoms with Crippen LogP contribution in [0.4, 0.5) is 5.69 Å². The maximum absolute atomic E-state index is 10.8. The number of rotatable bonds is 4. The van der Waals surface area contributed by atoms with Crippen molar-refractivity contribution in [3.63, 3.8) is 0 Å². The Bertz CT molecular complexity index is 626. The second kappa shape index (κ2) is 6.15. The van der Waals surface area contributed by atoms with Crippen molar-refractivity contribution in [2.75, 3.05) is 0 Å². The monoisotopic (exact) mass is 334 g/mol. The highest BCUT2D eigenvalue weighted by molar-refractivity contribution is 9.10. The van der Waals surface area contributed by atoms with E-state index in [-0.39, 0.29) is 11.7 Å². The number of hydrogen-bond donors (Lipinski definition) is 1. The van der Waals surface area contributed by atoms with Gasteiger partial charge in [-0.2, -0.15) is 0 Å². The zero-order valence-electron chi connectivity index (χ0n) is 11.0. The van der Waals surface area contributed by atoms with Crippen LogP contribution in [0.3, 0.4) is 0 Å². The molecule has 0 aliphatic rings. The van der Waals surface area contributed by atoms with Crippen LogP contribution in [0.25, 0.3) is 0 Å². The average Bonchev–Trinajstić information content (AvgIpc) is 2.41. The average molecular weight is 335 g/mol. The first-order valence-corrected chi connectivity index (χ1v) is 7.01. The zero-order chi connectivity index (χ0) is 14.7. The highest BCUT2D eigenvalue weighted by Crippen LogP contribution is 2.24. The second-order valence-electron chi connectivity index (χ2n) is 4.74. The molecule has 0 fully saturated rings. The van der Waals surface area contributed by atoms with E-state index in [9.17, 15) is 10.1 Å². The van der Waals surface area contributed by atoms with Crippen molar-refractivity contribution in [1.29, 1.82) is 0 Å². The topological polar surface area (TPSA) is 69.2 Å². The molecule has 2 aromatic carbocycles. The molecule has 1 atom stereocenters. The van der Waals surface area contributed by atoms with Crippen LogP contribution in [0.5, 0.6) is 0 Å². The lowest BCUT2D eigenvalue weighted by atomic mass is 9.95. The maximum atomic E-state index is 10.8. The molecule has 0 radical (unpaired) electrons. The van der Waals surface area contributed by atoms with Crippen LogP contribution in [0, 0.1) is 17.0 Å². The molecule has 1 unspecified atom stereocenters. The molecule has 0 saturated heterocycles. The lowest BCUT2D eigenvalue weighted by Crippen LogP contribution is -2.15. The van der Waals surface area contributed by atoms with E-state index >= 15 is 0 Å². The van der Waals surface area contributed by atoms with E-state index in [1.165, 1.54) is 6.07 Å². The van der Waals surface area contributed by atoms with Crippen molar-refractivity contribution in [2.45, 2.75) is 19.4 Å². The van der Waals surface area contributed by atoms with Gasteiger partial charge < -0.3 is 5.73 Å². The van der Waals surface area contributed by atoms with Crippen LogP contribution in [-0.2, 0) is 6.42 Å². The maximum Gasteiger partial charge on any atom is 0.269 e. The number of non-ortho nitro benzene ring substituents is 1. The molecule has 0 aliphatic heterocycles. The molecule has 5 heteroatoms. The van der Waals surface area contributed by atoms with Gasteiger partial charge in [0.25, 0.3) is 5.69 Å². The van der Waals surface area contributed by atoms with Crippen molar-refractivity contribution in [3.8, 4) is 0 Å². The van der Waals surface area contributed by atoms with Gasteiger partial charge in [-0.1, -0.05) is 34.1 Å². The largest absolute Gasteiger partial charge is 0.324 e. The van der Waals surface area contributed by atoms with E-state index in [2.05, 4.69) is 15.9 Å². The number of aryl methyl sites for hydroxylation is 1. The summed E-state index contributed by atoms with van der Waals surface area (Å²) in [4.78, 5) is 10.4. The van der Waals surface area contributed by atoms with Crippen molar-refractivity contribution in [3.05, 3.63) is 73.7 Å². The fourth-order valence-electron chi connectivity index (χ4n) is 2.13. The van der Waals surface area contributed by atoms with Gasteiger partial charge in [0.1, 0.15) is 0 Å². The summed E-state index contributed by atoms with van der Waals surface area (Å²) in [6, 6.07) is 12.5. The molecular weight excluding hydrogens is 320 g/mol. The minimum atomic E-state index is -0.394. The van der Waals surface area contributed by atoms with Crippen molar-refractivity contribution < 1.29 is 4.92 Å². The van der Waals surface area contributed by atoms with Gasteiger partial charge in [-0.3, -0.25) is 10.1 Å². The molecule has 104 valence electrons. The van der Waals surface area contributed by atoms with Crippen LogP contribution < -0.4 is 5.73 Å². The molecule has 20 heavy (non-hydrogen) atoms. The van der Waals surface area contributed by atoms with Gasteiger partial charge in [-0.15, -0.1) is 0 Å². The van der Waals surface area contributed by atoms with Crippen LogP contribution in [0.2, 0.25) is 0 Å². The molecule has 0 aromatic heterocycles. The predicted molar refractivity (Wildman–Crippen MR) is 82.6 cm³/mol. The quantitative estimate of drug-likeness (QED) is 0.680. The van der Waals surface area contributed by atoms with Crippen LogP contribution in [0.15, 0.2) is 46.9 Å². The second-order valence-corrected chi connectivity index (χ2v) is 5.65. The minimum Gasteiger partial charge on any atom is -0.324 e. The first-order chi connectivity index (χ1) is 9.47. The summed E-state index contributed by atoms with van der Waals surface area (Å²) in [7, 11) is 0. The van der Waals surface area contributed by atoms with E-state index in [0.29, 0.717) is 6.42 Å². The Balaban J connectivity index is 2.24. The van der Waals surface area contributed by atoms with E-state index < -0.39 is 4.92 Å². The van der Waals surface area contributed by atoms with Gasteiger partial charge in [0, 0.05) is 22.6 Å². The standard InChI is InChI=1S/C15H15BrN2O2/c1-10-2-7-13(18(19)20)9-14(10)15(17)8-11-3-5-12(16)6-4-11/h2-7,9,15H,8,17H2,1H3. The van der Waals surface area contributed by atoms with Gasteiger partial charge in [0.05, 0.1) is 4.92 Å². The fraction of sp³-hybridized carbons (Fsp3) is 0.200. The lowest BCUT2D eigenvalue weighted by Gasteiger charge is -2.14. The summed E-state index contributed by atoms with van der Waals surface area (Å²) in [6.45, 7) is 1.92. The Morgan fingerprint density at radius 2 is 1.90 bits per heavy atom. The highest BCUT2D eigenvalue weighted by Gasteiger charge is 2.14. The molecular formula is C15H15BrN2O2. The van der Waals surface area contributed by atoms with E-state index in [1.54, 1.807) is 12.1 Å². The van der Waals surface area contributed by atoms with E-state index in [0.717, 1.165) is 21.2 Å². The van der Waals surface area contributed by atoms with Gasteiger partial charge >= 0.3 is 0 Å². The number of nitrogens with zero attached hydrogens (tertiary/aromatic N) is 1. The number of nitro groups is 1. The number of nitrogens with two attached hydrogens (primary N) is 1. The zero-order valence-corrected chi connectivity index (χ0v) is 12.6.